The minimum atomic E-state index is -3.69. The fourth-order valence-electron chi connectivity index (χ4n) is 3.10. The van der Waals surface area contributed by atoms with E-state index in [1.807, 2.05) is 0 Å². The molecule has 2 heterocycles. The van der Waals surface area contributed by atoms with Gasteiger partial charge in [-0.05, 0) is 24.6 Å². The number of halogens is 3. The Morgan fingerprint density at radius 1 is 1.17 bits per heavy atom. The van der Waals surface area contributed by atoms with Crippen molar-refractivity contribution in [2.45, 2.75) is 17.4 Å². The third kappa shape index (κ3) is 4.15. The Morgan fingerprint density at radius 3 is 2.52 bits per heavy atom. The lowest BCUT2D eigenvalue weighted by Gasteiger charge is -2.32. The van der Waals surface area contributed by atoms with Crippen molar-refractivity contribution in [2.75, 3.05) is 39.3 Å². The van der Waals surface area contributed by atoms with Crippen molar-refractivity contribution in [3.05, 3.63) is 29.0 Å². The van der Waals surface area contributed by atoms with E-state index in [1.165, 1.54) is 10.4 Å². The fraction of sp³-hybridized carbons (Fsp3) is 0.571. The monoisotopic (exact) mass is 383 g/mol. The molecule has 130 valence electrons. The SMILES string of the molecule is Cl.O=S(=O)(c1cc(F)cc(Cl)c1)N1CCC(N2CCNCC2)C1. The Kier molecular flexibility index (Phi) is 6.27. The van der Waals surface area contributed by atoms with Crippen molar-refractivity contribution in [2.24, 2.45) is 0 Å². The molecular formula is C14H20Cl2FN3O2S. The van der Waals surface area contributed by atoms with Crippen LogP contribution in [0.5, 0.6) is 0 Å². The molecule has 0 aromatic heterocycles. The first-order valence-electron chi connectivity index (χ1n) is 7.38. The lowest BCUT2D eigenvalue weighted by Crippen LogP contribution is -2.49. The highest BCUT2D eigenvalue weighted by atomic mass is 35.5. The number of benzene rings is 1. The van der Waals surface area contributed by atoms with Crippen LogP contribution in [0, 0.1) is 5.82 Å². The molecule has 23 heavy (non-hydrogen) atoms. The van der Waals surface area contributed by atoms with Crippen LogP contribution in [0.15, 0.2) is 23.1 Å². The normalized spacial score (nSPS) is 23.7. The average molecular weight is 384 g/mol. The summed E-state index contributed by atoms with van der Waals surface area (Å²) in [5, 5.41) is 3.38. The predicted octanol–water partition coefficient (Wildman–Crippen LogP) is 1.57. The first-order chi connectivity index (χ1) is 10.5. The van der Waals surface area contributed by atoms with E-state index in [0.29, 0.717) is 13.1 Å². The van der Waals surface area contributed by atoms with Gasteiger partial charge in [0, 0.05) is 50.3 Å². The fourth-order valence-corrected chi connectivity index (χ4v) is 4.94. The Bertz CT molecular complexity index is 633. The average Bonchev–Trinajstić information content (AvgIpc) is 2.98. The number of nitrogens with one attached hydrogen (secondary N) is 1. The van der Waals surface area contributed by atoms with E-state index in [0.717, 1.165) is 44.7 Å². The molecule has 1 aromatic carbocycles. The second-order valence-corrected chi connectivity index (χ2v) is 8.07. The van der Waals surface area contributed by atoms with Gasteiger partial charge >= 0.3 is 0 Å². The molecule has 2 aliphatic heterocycles. The summed E-state index contributed by atoms with van der Waals surface area (Å²) in [4.78, 5) is 2.25. The lowest BCUT2D eigenvalue weighted by atomic mass is 10.2. The zero-order chi connectivity index (χ0) is 15.7. The molecule has 2 saturated heterocycles. The molecule has 0 radical (unpaired) electrons. The highest BCUT2D eigenvalue weighted by Crippen LogP contribution is 2.26. The van der Waals surface area contributed by atoms with Gasteiger partial charge in [0.25, 0.3) is 0 Å². The van der Waals surface area contributed by atoms with Gasteiger partial charge in [0.05, 0.1) is 4.90 Å². The van der Waals surface area contributed by atoms with Crippen LogP contribution >= 0.6 is 24.0 Å². The van der Waals surface area contributed by atoms with Gasteiger partial charge in [-0.3, -0.25) is 4.90 Å². The van der Waals surface area contributed by atoms with E-state index in [1.54, 1.807) is 0 Å². The van der Waals surface area contributed by atoms with Gasteiger partial charge in [-0.1, -0.05) is 11.6 Å². The molecular weight excluding hydrogens is 364 g/mol. The molecule has 1 aromatic rings. The van der Waals surface area contributed by atoms with E-state index in [-0.39, 0.29) is 28.4 Å². The summed E-state index contributed by atoms with van der Waals surface area (Å²) in [6.45, 7) is 4.65. The van der Waals surface area contributed by atoms with Crippen molar-refractivity contribution < 1.29 is 12.8 Å². The maximum Gasteiger partial charge on any atom is 0.243 e. The van der Waals surface area contributed by atoms with Gasteiger partial charge < -0.3 is 5.32 Å². The first-order valence-corrected chi connectivity index (χ1v) is 9.19. The molecule has 0 amide bonds. The molecule has 1 N–H and O–H groups in total. The molecule has 9 heteroatoms. The molecule has 0 aliphatic carbocycles. The van der Waals surface area contributed by atoms with Crippen molar-refractivity contribution in [3.8, 4) is 0 Å². The maximum atomic E-state index is 13.4. The zero-order valence-corrected chi connectivity index (χ0v) is 14.9. The molecule has 2 aliphatic rings. The molecule has 5 nitrogen and oxygen atoms in total. The van der Waals surface area contributed by atoms with Crippen LogP contribution in [0.25, 0.3) is 0 Å². The minimum absolute atomic E-state index is 0. The maximum absolute atomic E-state index is 13.4. The molecule has 1 unspecified atom stereocenters. The molecule has 0 saturated carbocycles. The van der Waals surface area contributed by atoms with Crippen LogP contribution in [0.4, 0.5) is 4.39 Å². The Hall–Kier alpha value is -0.440. The van der Waals surface area contributed by atoms with Gasteiger partial charge in [-0.2, -0.15) is 4.31 Å². The summed E-state index contributed by atoms with van der Waals surface area (Å²) in [6, 6.07) is 3.67. The minimum Gasteiger partial charge on any atom is -0.314 e. The van der Waals surface area contributed by atoms with Gasteiger partial charge in [0.15, 0.2) is 0 Å². The molecule has 3 rings (SSSR count). The standard InChI is InChI=1S/C14H19ClFN3O2S.ClH/c15-11-7-12(16)9-14(8-11)22(20,21)19-4-1-13(10-19)18-5-2-17-3-6-18;/h7-9,13,17H,1-6,10H2;1H. The van der Waals surface area contributed by atoms with Crippen LogP contribution in [0.1, 0.15) is 6.42 Å². The highest BCUT2D eigenvalue weighted by Gasteiger charge is 2.35. The number of hydrogen-bond acceptors (Lipinski definition) is 4. The third-order valence-corrected chi connectivity index (χ3v) is 6.33. The van der Waals surface area contributed by atoms with E-state index in [2.05, 4.69) is 10.2 Å². The van der Waals surface area contributed by atoms with Gasteiger partial charge in [-0.25, -0.2) is 12.8 Å². The molecule has 1 atom stereocenters. The molecule has 0 spiro atoms. The van der Waals surface area contributed by atoms with Crippen molar-refractivity contribution in [1.29, 1.82) is 0 Å². The number of piperazine rings is 1. The summed E-state index contributed by atoms with van der Waals surface area (Å²) >= 11 is 5.78. The van der Waals surface area contributed by atoms with Crippen LogP contribution in [0.3, 0.4) is 0 Å². The summed E-state index contributed by atoms with van der Waals surface area (Å²) in [5.74, 6) is -0.635. The first kappa shape index (κ1) is 18.9. The van der Waals surface area contributed by atoms with Crippen LogP contribution < -0.4 is 5.32 Å². The summed E-state index contributed by atoms with van der Waals surface area (Å²) < 4.78 is 40.1. The van der Waals surface area contributed by atoms with Crippen molar-refractivity contribution >= 4 is 34.0 Å². The van der Waals surface area contributed by atoms with E-state index in [9.17, 15) is 12.8 Å². The van der Waals surface area contributed by atoms with Crippen LogP contribution in [-0.4, -0.2) is 62.9 Å². The highest BCUT2D eigenvalue weighted by molar-refractivity contribution is 7.89. The topological polar surface area (TPSA) is 52.7 Å². The van der Waals surface area contributed by atoms with Gasteiger partial charge in [0.1, 0.15) is 5.82 Å². The van der Waals surface area contributed by atoms with E-state index >= 15 is 0 Å². The molecule has 2 fully saturated rings. The zero-order valence-electron chi connectivity index (χ0n) is 12.5. The lowest BCUT2D eigenvalue weighted by molar-refractivity contribution is 0.179. The second kappa shape index (κ2) is 7.63. The Balaban J connectivity index is 0.00000192. The largest absolute Gasteiger partial charge is 0.314 e. The number of nitrogens with zero attached hydrogens (tertiary/aromatic N) is 2. The van der Waals surface area contributed by atoms with Gasteiger partial charge in [0.2, 0.25) is 10.0 Å². The van der Waals surface area contributed by atoms with E-state index in [4.69, 9.17) is 11.6 Å². The summed E-state index contributed by atoms with van der Waals surface area (Å²) in [6.07, 6.45) is 0.808. The molecule has 0 bridgehead atoms. The Morgan fingerprint density at radius 2 is 1.87 bits per heavy atom. The quantitative estimate of drug-likeness (QED) is 0.860. The predicted molar refractivity (Wildman–Crippen MR) is 90.3 cm³/mol. The van der Waals surface area contributed by atoms with Crippen molar-refractivity contribution in [1.82, 2.24) is 14.5 Å². The second-order valence-electron chi connectivity index (χ2n) is 5.70. The summed E-state index contributed by atoms with van der Waals surface area (Å²) in [7, 11) is -3.69. The Labute approximate surface area is 147 Å². The third-order valence-electron chi connectivity index (χ3n) is 4.27. The van der Waals surface area contributed by atoms with Gasteiger partial charge in [-0.15, -0.1) is 12.4 Å². The van der Waals surface area contributed by atoms with E-state index < -0.39 is 15.8 Å². The summed E-state index contributed by atoms with van der Waals surface area (Å²) in [5.41, 5.74) is 0. The number of hydrogen-bond donors (Lipinski definition) is 1. The number of rotatable bonds is 3. The van der Waals surface area contributed by atoms with Crippen LogP contribution in [0.2, 0.25) is 5.02 Å². The van der Waals surface area contributed by atoms with Crippen LogP contribution in [-0.2, 0) is 10.0 Å². The number of sulfonamides is 1. The smallest absolute Gasteiger partial charge is 0.243 e. The van der Waals surface area contributed by atoms with Crippen molar-refractivity contribution in [3.63, 3.8) is 0 Å².